The average Bonchev–Trinajstić information content (AvgIpc) is 3.09. The summed E-state index contributed by atoms with van der Waals surface area (Å²) in [7, 11) is 3.00. The number of amides is 1. The molecular formula is C25H29ClN2O5. The second kappa shape index (κ2) is 10.7. The largest absolute Gasteiger partial charge is 0.507 e. The van der Waals surface area contributed by atoms with E-state index in [0.29, 0.717) is 40.7 Å². The summed E-state index contributed by atoms with van der Waals surface area (Å²) >= 11 is 6.07. The van der Waals surface area contributed by atoms with Gasteiger partial charge in [0, 0.05) is 23.7 Å². The van der Waals surface area contributed by atoms with Gasteiger partial charge in [0.25, 0.3) is 11.7 Å². The molecule has 0 bridgehead atoms. The number of carbonyl (C=O) groups excluding carboxylic acids is 2. The molecule has 1 fully saturated rings. The Bertz CT molecular complexity index is 1050. The van der Waals surface area contributed by atoms with Crippen LogP contribution in [-0.4, -0.2) is 67.0 Å². The van der Waals surface area contributed by atoms with Crippen LogP contribution >= 0.6 is 11.6 Å². The maximum atomic E-state index is 13.1. The molecule has 2 aromatic carbocycles. The predicted molar refractivity (Wildman–Crippen MR) is 128 cm³/mol. The minimum absolute atomic E-state index is 0.0362. The number of carbonyl (C=O) groups is 2. The van der Waals surface area contributed by atoms with Crippen LogP contribution in [0, 0.1) is 0 Å². The summed E-state index contributed by atoms with van der Waals surface area (Å²) in [4.78, 5) is 29.9. The van der Waals surface area contributed by atoms with E-state index in [9.17, 15) is 14.7 Å². The molecule has 1 aliphatic heterocycles. The number of aliphatic hydroxyl groups is 1. The highest BCUT2D eigenvalue weighted by Gasteiger charge is 2.46. The van der Waals surface area contributed by atoms with E-state index in [0.717, 1.165) is 13.1 Å². The maximum Gasteiger partial charge on any atom is 0.295 e. The van der Waals surface area contributed by atoms with Crippen molar-refractivity contribution in [2.24, 2.45) is 0 Å². The number of hydrogen-bond donors (Lipinski definition) is 1. The number of aliphatic hydroxyl groups excluding tert-OH is 1. The number of likely N-dealkylation sites (N-methyl/N-ethyl adjacent to an activating group) is 1. The summed E-state index contributed by atoms with van der Waals surface area (Å²) in [5.74, 6) is -0.728. The van der Waals surface area contributed by atoms with Crippen molar-refractivity contribution >= 4 is 29.1 Å². The van der Waals surface area contributed by atoms with Crippen LogP contribution in [0.4, 0.5) is 0 Å². The molecule has 0 aromatic heterocycles. The van der Waals surface area contributed by atoms with Crippen LogP contribution in [0.5, 0.6) is 11.5 Å². The Balaban J connectivity index is 2.12. The molecule has 7 nitrogen and oxygen atoms in total. The first-order valence-corrected chi connectivity index (χ1v) is 11.2. The van der Waals surface area contributed by atoms with Gasteiger partial charge >= 0.3 is 0 Å². The fourth-order valence-electron chi connectivity index (χ4n) is 4.03. The van der Waals surface area contributed by atoms with E-state index < -0.39 is 17.7 Å². The Morgan fingerprint density at radius 1 is 1.03 bits per heavy atom. The lowest BCUT2D eigenvalue weighted by molar-refractivity contribution is -0.140. The van der Waals surface area contributed by atoms with Gasteiger partial charge in [-0.2, -0.15) is 0 Å². The molecule has 0 spiro atoms. The van der Waals surface area contributed by atoms with E-state index in [1.165, 1.54) is 19.1 Å². The highest BCUT2D eigenvalue weighted by Crippen LogP contribution is 2.40. The van der Waals surface area contributed by atoms with Gasteiger partial charge in [-0.15, -0.1) is 0 Å². The summed E-state index contributed by atoms with van der Waals surface area (Å²) in [6.07, 6.45) is 0. The molecule has 8 heteroatoms. The summed E-state index contributed by atoms with van der Waals surface area (Å²) in [5, 5.41) is 11.8. The molecule has 33 heavy (non-hydrogen) atoms. The van der Waals surface area contributed by atoms with E-state index in [4.69, 9.17) is 21.1 Å². The average molecular weight is 473 g/mol. The third-order valence-corrected chi connectivity index (χ3v) is 6.19. The van der Waals surface area contributed by atoms with Gasteiger partial charge in [-0.25, -0.2) is 0 Å². The standard InChI is InChI=1S/C25H29ClN2O5/c1-5-27(6-2)13-14-28-22(16-7-10-18(26)11-8-16)21(24(30)25(28)31)23(29)17-9-12-19(32-3)20(15-17)33-4/h7-12,15,22,29H,5-6,13-14H2,1-4H3/t22-/m0/s1. The fraction of sp³-hybridized carbons (Fsp3) is 0.360. The van der Waals surface area contributed by atoms with Crippen LogP contribution in [0.3, 0.4) is 0 Å². The number of halogens is 1. The molecule has 1 heterocycles. The number of likely N-dealkylation sites (tertiary alicyclic amines) is 1. The van der Waals surface area contributed by atoms with Gasteiger partial charge in [-0.1, -0.05) is 37.6 Å². The van der Waals surface area contributed by atoms with E-state index in [-0.39, 0.29) is 11.3 Å². The second-order valence-corrected chi connectivity index (χ2v) is 8.08. The summed E-state index contributed by atoms with van der Waals surface area (Å²) in [5.41, 5.74) is 1.09. The van der Waals surface area contributed by atoms with Gasteiger partial charge in [-0.3, -0.25) is 9.59 Å². The van der Waals surface area contributed by atoms with Crippen molar-refractivity contribution in [1.29, 1.82) is 0 Å². The molecule has 1 aliphatic rings. The third-order valence-electron chi connectivity index (χ3n) is 5.93. The number of ketones is 1. The van der Waals surface area contributed by atoms with Crippen molar-refractivity contribution in [3.05, 3.63) is 64.2 Å². The Morgan fingerprint density at radius 3 is 2.24 bits per heavy atom. The second-order valence-electron chi connectivity index (χ2n) is 7.64. The zero-order chi connectivity index (χ0) is 24.1. The minimum Gasteiger partial charge on any atom is -0.507 e. The lowest BCUT2D eigenvalue weighted by Crippen LogP contribution is -2.38. The number of benzene rings is 2. The number of rotatable bonds is 9. The van der Waals surface area contributed by atoms with Crippen molar-refractivity contribution in [2.75, 3.05) is 40.4 Å². The van der Waals surface area contributed by atoms with Crippen molar-refractivity contribution in [3.8, 4) is 11.5 Å². The van der Waals surface area contributed by atoms with Crippen molar-refractivity contribution < 1.29 is 24.2 Å². The highest BCUT2D eigenvalue weighted by atomic mass is 35.5. The quantitative estimate of drug-likeness (QED) is 0.336. The van der Waals surface area contributed by atoms with Crippen molar-refractivity contribution in [1.82, 2.24) is 9.80 Å². The molecule has 0 aliphatic carbocycles. The molecular weight excluding hydrogens is 444 g/mol. The number of ether oxygens (including phenoxy) is 2. The molecule has 1 saturated heterocycles. The molecule has 176 valence electrons. The minimum atomic E-state index is -0.731. The smallest absolute Gasteiger partial charge is 0.295 e. The Hall–Kier alpha value is -3.03. The van der Waals surface area contributed by atoms with Crippen LogP contribution in [0.25, 0.3) is 5.76 Å². The lowest BCUT2D eigenvalue weighted by Gasteiger charge is -2.28. The Morgan fingerprint density at radius 2 is 1.67 bits per heavy atom. The fourth-order valence-corrected chi connectivity index (χ4v) is 4.16. The normalized spacial score (nSPS) is 17.6. The summed E-state index contributed by atoms with van der Waals surface area (Å²) in [6, 6.07) is 11.1. The molecule has 1 atom stereocenters. The summed E-state index contributed by atoms with van der Waals surface area (Å²) in [6.45, 7) is 6.72. The van der Waals surface area contributed by atoms with Gasteiger partial charge in [0.15, 0.2) is 11.5 Å². The molecule has 1 N–H and O–H groups in total. The topological polar surface area (TPSA) is 79.3 Å². The Kier molecular flexibility index (Phi) is 8.00. The van der Waals surface area contributed by atoms with Crippen molar-refractivity contribution in [2.45, 2.75) is 19.9 Å². The zero-order valence-corrected chi connectivity index (χ0v) is 20.1. The highest BCUT2D eigenvalue weighted by molar-refractivity contribution is 6.46. The van der Waals surface area contributed by atoms with E-state index >= 15 is 0 Å². The van der Waals surface area contributed by atoms with Crippen LogP contribution in [0.15, 0.2) is 48.0 Å². The Labute approximate surface area is 199 Å². The van der Waals surface area contributed by atoms with Gasteiger partial charge in [-0.05, 0) is 49.0 Å². The van der Waals surface area contributed by atoms with Crippen LogP contribution < -0.4 is 9.47 Å². The van der Waals surface area contributed by atoms with Gasteiger partial charge in [0.1, 0.15) is 5.76 Å². The predicted octanol–water partition coefficient (Wildman–Crippen LogP) is 4.12. The monoisotopic (exact) mass is 472 g/mol. The molecule has 2 aromatic rings. The molecule has 0 unspecified atom stereocenters. The lowest BCUT2D eigenvalue weighted by atomic mass is 9.95. The van der Waals surface area contributed by atoms with Crippen LogP contribution in [0.2, 0.25) is 5.02 Å². The molecule has 0 saturated carbocycles. The number of nitrogens with zero attached hydrogens (tertiary/aromatic N) is 2. The van der Waals surface area contributed by atoms with Gasteiger partial charge < -0.3 is 24.4 Å². The zero-order valence-electron chi connectivity index (χ0n) is 19.3. The number of hydrogen-bond acceptors (Lipinski definition) is 6. The molecule has 1 amide bonds. The van der Waals surface area contributed by atoms with Gasteiger partial charge in [0.05, 0.1) is 25.8 Å². The van der Waals surface area contributed by atoms with Crippen LogP contribution in [0.1, 0.15) is 31.0 Å². The third kappa shape index (κ3) is 4.99. The molecule has 3 rings (SSSR count). The maximum absolute atomic E-state index is 13.1. The van der Waals surface area contributed by atoms with Crippen molar-refractivity contribution in [3.63, 3.8) is 0 Å². The first-order valence-electron chi connectivity index (χ1n) is 10.8. The number of Topliss-reactive ketones (excluding diaryl/α,β-unsaturated/α-hetero) is 1. The number of methoxy groups -OCH3 is 2. The first kappa shape index (κ1) is 24.6. The van der Waals surface area contributed by atoms with Crippen LogP contribution in [-0.2, 0) is 9.59 Å². The first-order chi connectivity index (χ1) is 15.9. The van der Waals surface area contributed by atoms with Gasteiger partial charge in [0.2, 0.25) is 0 Å². The summed E-state index contributed by atoms with van der Waals surface area (Å²) < 4.78 is 10.6. The van der Waals surface area contributed by atoms with E-state index in [1.54, 1.807) is 42.5 Å². The SMILES string of the molecule is CCN(CC)CCN1C(=O)C(=O)C(=C(O)c2ccc(OC)c(OC)c2)[C@@H]1c1ccc(Cl)cc1. The van der Waals surface area contributed by atoms with E-state index in [1.807, 2.05) is 13.8 Å². The van der Waals surface area contributed by atoms with E-state index in [2.05, 4.69) is 4.90 Å². The molecule has 0 radical (unpaired) electrons.